The topological polar surface area (TPSA) is 73.5 Å². The Bertz CT molecular complexity index is 622. The average molecular weight is 389 g/mol. The standard InChI is InChI=1S/C22H36N4O2/c1-16(2)13-20(21(27)26-11-9-19(10-12-26)14-23-4)25-22(28)24-15-18-7-5-17(3)6-8-18/h5-8,16,19-20,23H,9-15H2,1-4H3,(H2,24,25,28). The molecule has 6 heteroatoms. The van der Waals surface area contributed by atoms with E-state index in [-0.39, 0.29) is 11.9 Å². The highest BCUT2D eigenvalue weighted by molar-refractivity contribution is 5.87. The van der Waals surface area contributed by atoms with Crippen LogP contribution in [0.2, 0.25) is 0 Å². The van der Waals surface area contributed by atoms with Crippen molar-refractivity contribution in [1.82, 2.24) is 20.9 Å². The highest BCUT2D eigenvalue weighted by Crippen LogP contribution is 2.18. The van der Waals surface area contributed by atoms with Crippen molar-refractivity contribution in [1.29, 1.82) is 0 Å². The van der Waals surface area contributed by atoms with Gasteiger partial charge in [-0.2, -0.15) is 0 Å². The molecule has 6 nitrogen and oxygen atoms in total. The molecule has 1 saturated heterocycles. The molecule has 1 aliphatic rings. The predicted molar refractivity (Wildman–Crippen MR) is 113 cm³/mol. The van der Waals surface area contributed by atoms with Crippen molar-refractivity contribution in [3.8, 4) is 0 Å². The van der Waals surface area contributed by atoms with Gasteiger partial charge in [-0.25, -0.2) is 4.79 Å². The maximum Gasteiger partial charge on any atom is 0.315 e. The van der Waals surface area contributed by atoms with E-state index in [1.54, 1.807) is 0 Å². The molecule has 1 unspecified atom stereocenters. The third-order valence-corrected chi connectivity index (χ3v) is 5.30. The van der Waals surface area contributed by atoms with Crippen LogP contribution in [0.25, 0.3) is 0 Å². The number of aryl methyl sites for hydroxylation is 1. The summed E-state index contributed by atoms with van der Waals surface area (Å²) in [6, 6.07) is 7.29. The van der Waals surface area contributed by atoms with Crippen LogP contribution in [0.15, 0.2) is 24.3 Å². The summed E-state index contributed by atoms with van der Waals surface area (Å²) in [5.74, 6) is 0.999. The zero-order valence-corrected chi connectivity index (χ0v) is 17.8. The number of carbonyl (C=O) groups excluding carboxylic acids is 2. The third kappa shape index (κ3) is 7.15. The van der Waals surface area contributed by atoms with Gasteiger partial charge in [0.05, 0.1) is 0 Å². The van der Waals surface area contributed by atoms with Gasteiger partial charge in [-0.3, -0.25) is 4.79 Å². The first kappa shape index (κ1) is 22.2. The molecule has 1 heterocycles. The first-order valence-electron chi connectivity index (χ1n) is 10.4. The van der Waals surface area contributed by atoms with Crippen LogP contribution in [0.5, 0.6) is 0 Å². The van der Waals surface area contributed by atoms with Crippen molar-refractivity contribution in [2.75, 3.05) is 26.7 Å². The van der Waals surface area contributed by atoms with Gasteiger partial charge in [0.2, 0.25) is 5.91 Å². The minimum atomic E-state index is -0.473. The van der Waals surface area contributed by atoms with E-state index in [1.165, 1.54) is 5.56 Å². The fraction of sp³-hybridized carbons (Fsp3) is 0.636. The van der Waals surface area contributed by atoms with E-state index >= 15 is 0 Å². The number of benzene rings is 1. The number of nitrogens with zero attached hydrogens (tertiary/aromatic N) is 1. The van der Waals surface area contributed by atoms with Crippen molar-refractivity contribution in [2.45, 2.75) is 52.6 Å². The third-order valence-electron chi connectivity index (χ3n) is 5.30. The zero-order valence-electron chi connectivity index (χ0n) is 17.8. The van der Waals surface area contributed by atoms with Crippen LogP contribution >= 0.6 is 0 Å². The highest BCUT2D eigenvalue weighted by atomic mass is 16.2. The number of nitrogens with one attached hydrogen (secondary N) is 3. The summed E-state index contributed by atoms with van der Waals surface area (Å²) in [4.78, 5) is 27.3. The summed E-state index contributed by atoms with van der Waals surface area (Å²) in [5, 5.41) is 9.00. The Balaban J connectivity index is 1.88. The second kappa shape index (κ2) is 11.1. The van der Waals surface area contributed by atoms with Gasteiger partial charge < -0.3 is 20.9 Å². The molecule has 3 N–H and O–H groups in total. The lowest BCUT2D eigenvalue weighted by molar-refractivity contribution is -0.135. The molecular formula is C22H36N4O2. The van der Waals surface area contributed by atoms with Gasteiger partial charge in [-0.15, -0.1) is 0 Å². The summed E-state index contributed by atoms with van der Waals surface area (Å²) in [6.07, 6.45) is 2.68. The Morgan fingerprint density at radius 3 is 2.36 bits per heavy atom. The molecule has 3 amide bonds. The van der Waals surface area contributed by atoms with Crippen LogP contribution in [-0.2, 0) is 11.3 Å². The highest BCUT2D eigenvalue weighted by Gasteiger charge is 2.29. The Kier molecular flexibility index (Phi) is 8.77. The van der Waals surface area contributed by atoms with Crippen molar-refractivity contribution in [3.05, 3.63) is 35.4 Å². The Labute approximate surface area is 169 Å². The molecule has 28 heavy (non-hydrogen) atoms. The molecule has 1 atom stereocenters. The van der Waals surface area contributed by atoms with E-state index in [1.807, 2.05) is 43.1 Å². The molecular weight excluding hydrogens is 352 g/mol. The molecule has 1 aromatic rings. The van der Waals surface area contributed by atoms with E-state index in [9.17, 15) is 9.59 Å². The van der Waals surface area contributed by atoms with Gasteiger partial charge in [0.1, 0.15) is 6.04 Å². The lowest BCUT2D eigenvalue weighted by Gasteiger charge is -2.34. The summed E-state index contributed by atoms with van der Waals surface area (Å²) in [5.41, 5.74) is 2.23. The molecule has 0 bridgehead atoms. The molecule has 0 spiro atoms. The van der Waals surface area contributed by atoms with Crippen molar-refractivity contribution >= 4 is 11.9 Å². The minimum Gasteiger partial charge on any atom is -0.341 e. The molecule has 0 aromatic heterocycles. The Hall–Kier alpha value is -2.08. The van der Waals surface area contributed by atoms with Crippen LogP contribution in [0.3, 0.4) is 0 Å². The molecule has 0 saturated carbocycles. The first-order valence-corrected chi connectivity index (χ1v) is 10.4. The largest absolute Gasteiger partial charge is 0.341 e. The lowest BCUT2D eigenvalue weighted by atomic mass is 9.95. The van der Waals surface area contributed by atoms with E-state index < -0.39 is 6.04 Å². The molecule has 0 aliphatic carbocycles. The van der Waals surface area contributed by atoms with Crippen LogP contribution in [-0.4, -0.2) is 49.6 Å². The number of rotatable bonds is 8. The summed E-state index contributed by atoms with van der Waals surface area (Å²) >= 11 is 0. The smallest absolute Gasteiger partial charge is 0.315 e. The number of hydrogen-bond acceptors (Lipinski definition) is 3. The number of amides is 3. The normalized spacial score (nSPS) is 16.1. The number of carbonyl (C=O) groups is 2. The van der Waals surface area contributed by atoms with Gasteiger partial charge in [-0.05, 0) is 57.2 Å². The van der Waals surface area contributed by atoms with Crippen LogP contribution in [0, 0.1) is 18.8 Å². The van der Waals surface area contributed by atoms with E-state index in [2.05, 4.69) is 29.8 Å². The van der Waals surface area contributed by atoms with Crippen LogP contribution < -0.4 is 16.0 Å². The summed E-state index contributed by atoms with van der Waals surface area (Å²) in [7, 11) is 1.97. The maximum atomic E-state index is 13.0. The number of hydrogen-bond donors (Lipinski definition) is 3. The van der Waals surface area contributed by atoms with E-state index in [4.69, 9.17) is 0 Å². The van der Waals surface area contributed by atoms with E-state index in [0.717, 1.165) is 38.0 Å². The second-order valence-electron chi connectivity index (χ2n) is 8.32. The van der Waals surface area contributed by atoms with Crippen LogP contribution in [0.1, 0.15) is 44.2 Å². The van der Waals surface area contributed by atoms with Gasteiger partial charge in [0.25, 0.3) is 0 Å². The van der Waals surface area contributed by atoms with Gasteiger partial charge in [0.15, 0.2) is 0 Å². The molecule has 1 fully saturated rings. The fourth-order valence-corrected chi connectivity index (χ4v) is 3.66. The second-order valence-corrected chi connectivity index (χ2v) is 8.32. The molecule has 0 radical (unpaired) electrons. The molecule has 1 aromatic carbocycles. The number of likely N-dealkylation sites (tertiary alicyclic amines) is 1. The number of piperidine rings is 1. The van der Waals surface area contributed by atoms with Gasteiger partial charge in [-0.1, -0.05) is 43.7 Å². The SMILES string of the molecule is CNCC1CCN(C(=O)C(CC(C)C)NC(=O)NCc2ccc(C)cc2)CC1. The Morgan fingerprint density at radius 2 is 1.79 bits per heavy atom. The van der Waals surface area contributed by atoms with Crippen molar-refractivity contribution in [2.24, 2.45) is 11.8 Å². The number of urea groups is 1. The fourth-order valence-electron chi connectivity index (χ4n) is 3.66. The van der Waals surface area contributed by atoms with Gasteiger partial charge >= 0.3 is 6.03 Å². The van der Waals surface area contributed by atoms with E-state index in [0.29, 0.717) is 24.8 Å². The van der Waals surface area contributed by atoms with Crippen molar-refractivity contribution in [3.63, 3.8) is 0 Å². The Morgan fingerprint density at radius 1 is 1.14 bits per heavy atom. The monoisotopic (exact) mass is 388 g/mol. The summed E-state index contributed by atoms with van der Waals surface area (Å²) in [6.45, 7) is 9.17. The molecule has 156 valence electrons. The van der Waals surface area contributed by atoms with Gasteiger partial charge in [0, 0.05) is 19.6 Å². The van der Waals surface area contributed by atoms with Crippen LogP contribution in [0.4, 0.5) is 4.79 Å². The molecule has 2 rings (SSSR count). The minimum absolute atomic E-state index is 0.0436. The molecule has 1 aliphatic heterocycles. The predicted octanol–water partition coefficient (Wildman–Crippen LogP) is 2.67. The average Bonchev–Trinajstić information content (AvgIpc) is 2.67. The maximum absolute atomic E-state index is 13.0. The quantitative estimate of drug-likeness (QED) is 0.641. The zero-order chi connectivity index (χ0) is 20.5. The summed E-state index contributed by atoms with van der Waals surface area (Å²) < 4.78 is 0. The lowest BCUT2D eigenvalue weighted by Crippen LogP contribution is -2.53. The first-order chi connectivity index (χ1) is 13.4. The van der Waals surface area contributed by atoms with Crippen molar-refractivity contribution < 1.29 is 9.59 Å².